The molecule has 9 heteroatoms. The Balaban J connectivity index is 1.47. The molecule has 41 heavy (non-hydrogen) atoms. The van der Waals surface area contributed by atoms with Crippen LogP contribution in [0.3, 0.4) is 0 Å². The summed E-state index contributed by atoms with van der Waals surface area (Å²) in [5, 5.41) is 0. The molecule has 0 aromatic heterocycles. The zero-order chi connectivity index (χ0) is 29.2. The van der Waals surface area contributed by atoms with Gasteiger partial charge < -0.3 is 9.80 Å². The molecule has 1 aliphatic rings. The largest absolute Gasteiger partial charge is 0.343 e. The van der Waals surface area contributed by atoms with Crippen LogP contribution < -0.4 is 0 Å². The van der Waals surface area contributed by atoms with Crippen LogP contribution in [0.15, 0.2) is 89.8 Å². The molecule has 0 spiro atoms. The number of hydrogen-bond donors (Lipinski definition) is 0. The zero-order valence-corrected chi connectivity index (χ0v) is 24.3. The zero-order valence-electron chi connectivity index (χ0n) is 23.5. The van der Waals surface area contributed by atoms with Crippen LogP contribution in [0.1, 0.15) is 43.7 Å². The lowest BCUT2D eigenvalue weighted by Crippen LogP contribution is -2.51. The van der Waals surface area contributed by atoms with Crippen molar-refractivity contribution in [3.63, 3.8) is 0 Å². The highest BCUT2D eigenvalue weighted by Crippen LogP contribution is 2.23. The van der Waals surface area contributed by atoms with E-state index >= 15 is 0 Å². The van der Waals surface area contributed by atoms with Gasteiger partial charge in [0.15, 0.2) is 0 Å². The maximum absolute atomic E-state index is 14.0. The molecule has 0 aliphatic carbocycles. The lowest BCUT2D eigenvalue weighted by molar-refractivity contribution is -0.137. The Bertz CT molecular complexity index is 1390. The number of benzene rings is 3. The second-order valence-electron chi connectivity index (χ2n) is 10.4. The Morgan fingerprint density at radius 3 is 2.17 bits per heavy atom. The number of halogens is 1. The highest BCUT2D eigenvalue weighted by molar-refractivity contribution is 7.89. The van der Waals surface area contributed by atoms with Crippen molar-refractivity contribution in [1.29, 1.82) is 0 Å². The number of hydrogen-bond acceptors (Lipinski definition) is 4. The van der Waals surface area contributed by atoms with E-state index in [0.29, 0.717) is 50.8 Å². The highest BCUT2D eigenvalue weighted by Gasteiger charge is 2.33. The third kappa shape index (κ3) is 8.24. The van der Waals surface area contributed by atoms with Crippen molar-refractivity contribution in [3.8, 4) is 0 Å². The molecule has 1 aliphatic heterocycles. The van der Waals surface area contributed by atoms with Gasteiger partial charge in [-0.2, -0.15) is 4.31 Å². The van der Waals surface area contributed by atoms with E-state index in [0.717, 1.165) is 5.56 Å². The van der Waals surface area contributed by atoms with Crippen LogP contribution in [0.4, 0.5) is 4.39 Å². The second kappa shape index (κ2) is 14.4. The van der Waals surface area contributed by atoms with Gasteiger partial charge in [0, 0.05) is 38.6 Å². The van der Waals surface area contributed by atoms with Gasteiger partial charge in [-0.15, -0.1) is 0 Å². The van der Waals surface area contributed by atoms with E-state index in [9.17, 15) is 22.4 Å². The van der Waals surface area contributed by atoms with E-state index in [1.165, 1.54) is 28.6 Å². The molecule has 0 radical (unpaired) electrons. The molecule has 1 fully saturated rings. The fraction of sp³-hybridized carbons (Fsp3) is 0.375. The molecule has 1 heterocycles. The number of nitrogens with zero attached hydrogens (tertiary/aromatic N) is 3. The van der Waals surface area contributed by atoms with E-state index in [2.05, 4.69) is 0 Å². The van der Waals surface area contributed by atoms with Crippen molar-refractivity contribution < 1.29 is 22.4 Å². The number of aryl methyl sites for hydroxylation is 1. The minimum atomic E-state index is -3.88. The van der Waals surface area contributed by atoms with Gasteiger partial charge in [-0.05, 0) is 61.1 Å². The van der Waals surface area contributed by atoms with Crippen LogP contribution in [0, 0.1) is 5.82 Å². The number of sulfonamides is 1. The van der Waals surface area contributed by atoms with E-state index in [4.69, 9.17) is 0 Å². The van der Waals surface area contributed by atoms with Crippen LogP contribution >= 0.6 is 0 Å². The number of amides is 2. The summed E-state index contributed by atoms with van der Waals surface area (Å²) in [5.41, 5.74) is 1.75. The molecular weight excluding hydrogens is 541 g/mol. The maximum atomic E-state index is 14.0. The van der Waals surface area contributed by atoms with Crippen molar-refractivity contribution in [3.05, 3.63) is 102 Å². The van der Waals surface area contributed by atoms with Crippen LogP contribution in [-0.4, -0.2) is 66.6 Å². The predicted octanol–water partition coefficient (Wildman–Crippen LogP) is 4.88. The van der Waals surface area contributed by atoms with Gasteiger partial charge in [-0.25, -0.2) is 12.8 Å². The predicted molar refractivity (Wildman–Crippen MR) is 157 cm³/mol. The molecule has 0 bridgehead atoms. The lowest BCUT2D eigenvalue weighted by atomic mass is 10.0. The molecule has 4 rings (SSSR count). The Morgan fingerprint density at radius 1 is 0.902 bits per heavy atom. The summed E-state index contributed by atoms with van der Waals surface area (Å²) in [4.78, 5) is 30.4. The van der Waals surface area contributed by atoms with E-state index in [1.807, 2.05) is 42.2 Å². The van der Waals surface area contributed by atoms with Gasteiger partial charge in [0.25, 0.3) is 0 Å². The average molecular weight is 580 g/mol. The third-order valence-corrected chi connectivity index (χ3v) is 9.32. The summed E-state index contributed by atoms with van der Waals surface area (Å²) in [5.74, 6) is -0.651. The topological polar surface area (TPSA) is 78.0 Å². The first kappa shape index (κ1) is 30.4. The van der Waals surface area contributed by atoms with E-state index in [-0.39, 0.29) is 42.4 Å². The van der Waals surface area contributed by atoms with E-state index < -0.39 is 15.8 Å². The monoisotopic (exact) mass is 579 g/mol. The molecule has 0 atom stereocenters. The van der Waals surface area contributed by atoms with Crippen LogP contribution in [0.25, 0.3) is 0 Å². The van der Waals surface area contributed by atoms with Gasteiger partial charge in [-0.1, -0.05) is 67.6 Å². The molecule has 218 valence electrons. The minimum absolute atomic E-state index is 0.0818. The normalized spacial score (nSPS) is 14.3. The van der Waals surface area contributed by atoms with E-state index in [1.54, 1.807) is 35.2 Å². The lowest BCUT2D eigenvalue weighted by Gasteiger charge is -2.39. The number of carbonyl (C=O) groups excluding carboxylic acids is 2. The minimum Gasteiger partial charge on any atom is -0.343 e. The first-order chi connectivity index (χ1) is 19.8. The molecule has 3 aromatic rings. The molecule has 0 N–H and O–H groups in total. The quantitative estimate of drug-likeness (QED) is 0.307. The van der Waals surface area contributed by atoms with Crippen molar-refractivity contribution >= 4 is 21.8 Å². The first-order valence-corrected chi connectivity index (χ1v) is 15.6. The Morgan fingerprint density at radius 2 is 1.54 bits per heavy atom. The van der Waals surface area contributed by atoms with Crippen molar-refractivity contribution in [2.45, 2.75) is 56.5 Å². The molecule has 0 saturated carbocycles. The van der Waals surface area contributed by atoms with Gasteiger partial charge in [0.1, 0.15) is 5.82 Å². The summed E-state index contributed by atoms with van der Waals surface area (Å²) in [7, 11) is -3.88. The number of piperidine rings is 1. The molecule has 3 aromatic carbocycles. The number of carbonyl (C=O) groups is 2. The first-order valence-electron chi connectivity index (χ1n) is 14.2. The molecule has 2 amide bonds. The van der Waals surface area contributed by atoms with Crippen molar-refractivity contribution in [1.82, 2.24) is 14.1 Å². The van der Waals surface area contributed by atoms with Crippen molar-refractivity contribution in [2.75, 3.05) is 26.2 Å². The van der Waals surface area contributed by atoms with Crippen LogP contribution in [-0.2, 0) is 32.6 Å². The summed E-state index contributed by atoms with van der Waals surface area (Å²) in [6.07, 6.45) is 2.78. The molecule has 0 unspecified atom stereocenters. The van der Waals surface area contributed by atoms with Crippen LogP contribution in [0.5, 0.6) is 0 Å². The highest BCUT2D eigenvalue weighted by atomic mass is 32.2. The molecule has 7 nitrogen and oxygen atoms in total. The molecular formula is C32H38FN3O4S. The summed E-state index contributed by atoms with van der Waals surface area (Å²) < 4.78 is 42.0. The fourth-order valence-corrected chi connectivity index (χ4v) is 6.75. The van der Waals surface area contributed by atoms with Gasteiger partial charge in [-0.3, -0.25) is 9.59 Å². The standard InChI is InChI=1S/C32H38FN3O4S/c1-2-20-35(41(39,40)30-14-7-4-8-15-30)25-32(38)36(24-27-12-9-13-28(33)23-27)29-18-21-34(22-19-29)31(37)17-16-26-10-5-3-6-11-26/h3-15,23,29H,2,16-22,24-25H2,1H3. The van der Waals surface area contributed by atoms with Gasteiger partial charge in [0.05, 0.1) is 11.4 Å². The number of likely N-dealkylation sites (tertiary alicyclic amines) is 1. The summed E-state index contributed by atoms with van der Waals surface area (Å²) >= 11 is 0. The summed E-state index contributed by atoms with van der Waals surface area (Å²) in [6.45, 7) is 2.93. The molecule has 1 saturated heterocycles. The average Bonchev–Trinajstić information content (AvgIpc) is 2.99. The third-order valence-electron chi connectivity index (χ3n) is 7.46. The number of rotatable bonds is 12. The smallest absolute Gasteiger partial charge is 0.243 e. The fourth-order valence-electron chi connectivity index (χ4n) is 5.25. The van der Waals surface area contributed by atoms with Crippen molar-refractivity contribution in [2.24, 2.45) is 0 Å². The van der Waals surface area contributed by atoms with Gasteiger partial charge >= 0.3 is 0 Å². The SMILES string of the molecule is CCCN(CC(=O)N(Cc1cccc(F)c1)C1CCN(C(=O)CCc2ccccc2)CC1)S(=O)(=O)c1ccccc1. The summed E-state index contributed by atoms with van der Waals surface area (Å²) in [6, 6.07) is 23.9. The maximum Gasteiger partial charge on any atom is 0.243 e. The Labute approximate surface area is 242 Å². The second-order valence-corrected chi connectivity index (χ2v) is 12.3. The Kier molecular flexibility index (Phi) is 10.7. The van der Waals surface area contributed by atoms with Crippen LogP contribution in [0.2, 0.25) is 0 Å². The van der Waals surface area contributed by atoms with Gasteiger partial charge in [0.2, 0.25) is 21.8 Å². The Hall–Kier alpha value is -3.56.